The maximum absolute atomic E-state index is 2.47. The first-order valence-corrected chi connectivity index (χ1v) is 8.61. The van der Waals surface area contributed by atoms with Crippen LogP contribution < -0.4 is 0 Å². The summed E-state index contributed by atoms with van der Waals surface area (Å²) in [6.45, 7) is 2.32. The Morgan fingerprint density at radius 3 is 2.22 bits per heavy atom. The zero-order valence-electron chi connectivity index (χ0n) is 11.5. The molecule has 1 fully saturated rings. The Morgan fingerprint density at radius 2 is 1.61 bits per heavy atom. The summed E-state index contributed by atoms with van der Waals surface area (Å²) in [4.78, 5) is 0. The lowest BCUT2D eigenvalue weighted by molar-refractivity contribution is 0.252. The fraction of sp³-hybridized carbons (Fsp3) is 0.647. The molecular formula is C17H25I. The molecule has 1 aromatic carbocycles. The highest BCUT2D eigenvalue weighted by atomic mass is 127. The lowest BCUT2D eigenvalue weighted by atomic mass is 9.78. The number of aryl methyl sites for hydroxylation is 1. The van der Waals surface area contributed by atoms with Crippen molar-refractivity contribution in [3.05, 3.63) is 33.4 Å². The second kappa shape index (κ2) is 7.52. The summed E-state index contributed by atoms with van der Waals surface area (Å²) in [5.41, 5.74) is 1.55. The highest BCUT2D eigenvalue weighted by molar-refractivity contribution is 14.1. The third kappa shape index (κ3) is 4.25. The third-order valence-electron chi connectivity index (χ3n) is 4.44. The third-order valence-corrected chi connectivity index (χ3v) is 5.50. The molecule has 1 saturated carbocycles. The lowest BCUT2D eigenvalue weighted by Crippen LogP contribution is -2.15. The van der Waals surface area contributed by atoms with Crippen molar-refractivity contribution in [2.45, 2.75) is 58.3 Å². The average Bonchev–Trinajstić information content (AvgIpc) is 2.40. The van der Waals surface area contributed by atoms with Gasteiger partial charge < -0.3 is 0 Å². The molecule has 0 spiro atoms. The molecule has 0 aliphatic heterocycles. The Kier molecular flexibility index (Phi) is 6.00. The molecular weight excluding hydrogens is 331 g/mol. The van der Waals surface area contributed by atoms with Gasteiger partial charge in [0, 0.05) is 3.57 Å². The van der Waals surface area contributed by atoms with Crippen LogP contribution >= 0.6 is 22.6 Å². The van der Waals surface area contributed by atoms with Crippen LogP contribution in [-0.2, 0) is 6.42 Å². The molecule has 0 nitrogen and oxygen atoms in total. The SMILES string of the molecule is CCCC1CCC(CCc2ccccc2I)CC1. The maximum atomic E-state index is 2.47. The number of benzene rings is 1. The molecule has 100 valence electrons. The van der Waals surface area contributed by atoms with Gasteiger partial charge in [-0.1, -0.05) is 63.6 Å². The summed E-state index contributed by atoms with van der Waals surface area (Å²) in [6, 6.07) is 8.84. The molecule has 0 heterocycles. The van der Waals surface area contributed by atoms with Gasteiger partial charge in [0.25, 0.3) is 0 Å². The molecule has 1 heteroatoms. The van der Waals surface area contributed by atoms with E-state index in [2.05, 4.69) is 53.8 Å². The molecule has 18 heavy (non-hydrogen) atoms. The van der Waals surface area contributed by atoms with E-state index in [0.717, 1.165) is 11.8 Å². The van der Waals surface area contributed by atoms with Crippen LogP contribution in [-0.4, -0.2) is 0 Å². The van der Waals surface area contributed by atoms with Gasteiger partial charge in [-0.25, -0.2) is 0 Å². The molecule has 0 aromatic heterocycles. The average molecular weight is 356 g/mol. The summed E-state index contributed by atoms with van der Waals surface area (Å²) >= 11 is 2.47. The molecule has 0 radical (unpaired) electrons. The standard InChI is InChI=1S/C17H25I/c1-2-5-14-8-10-15(11-9-14)12-13-16-6-3-4-7-17(16)18/h3-4,6-7,14-15H,2,5,8-13H2,1H3. The van der Waals surface area contributed by atoms with Gasteiger partial charge in [0.1, 0.15) is 0 Å². The van der Waals surface area contributed by atoms with E-state index in [1.54, 1.807) is 5.56 Å². The Hall–Kier alpha value is -0.0500. The summed E-state index contributed by atoms with van der Waals surface area (Å²) < 4.78 is 1.44. The smallest absolute Gasteiger partial charge is 0.0162 e. The van der Waals surface area contributed by atoms with Crippen LogP contribution in [0.15, 0.2) is 24.3 Å². The zero-order valence-corrected chi connectivity index (χ0v) is 13.7. The number of halogens is 1. The van der Waals surface area contributed by atoms with Crippen molar-refractivity contribution in [3.63, 3.8) is 0 Å². The van der Waals surface area contributed by atoms with E-state index in [0.29, 0.717) is 0 Å². The zero-order chi connectivity index (χ0) is 12.8. The number of hydrogen-bond donors (Lipinski definition) is 0. The first-order valence-electron chi connectivity index (χ1n) is 7.53. The largest absolute Gasteiger partial charge is 0.0654 e. The van der Waals surface area contributed by atoms with Crippen molar-refractivity contribution in [1.29, 1.82) is 0 Å². The monoisotopic (exact) mass is 356 g/mol. The van der Waals surface area contributed by atoms with Crippen LogP contribution in [0.3, 0.4) is 0 Å². The van der Waals surface area contributed by atoms with E-state index >= 15 is 0 Å². The molecule has 1 aliphatic carbocycles. The second-order valence-corrected chi connectivity index (χ2v) is 6.97. The summed E-state index contributed by atoms with van der Waals surface area (Å²) in [6.07, 6.45) is 11.5. The second-order valence-electron chi connectivity index (χ2n) is 5.81. The van der Waals surface area contributed by atoms with Crippen LogP contribution in [0.5, 0.6) is 0 Å². The molecule has 0 saturated heterocycles. The van der Waals surface area contributed by atoms with Crippen LogP contribution in [0, 0.1) is 15.4 Å². The highest BCUT2D eigenvalue weighted by Gasteiger charge is 2.20. The van der Waals surface area contributed by atoms with Gasteiger partial charge in [-0.05, 0) is 58.9 Å². The first-order chi connectivity index (χ1) is 8.79. The molecule has 0 atom stereocenters. The van der Waals surface area contributed by atoms with Gasteiger partial charge in [0.05, 0.1) is 0 Å². The Bertz CT molecular complexity index is 350. The van der Waals surface area contributed by atoms with Crippen molar-refractivity contribution in [2.75, 3.05) is 0 Å². The fourth-order valence-corrected chi connectivity index (χ4v) is 3.93. The van der Waals surface area contributed by atoms with Crippen molar-refractivity contribution in [3.8, 4) is 0 Å². The van der Waals surface area contributed by atoms with E-state index < -0.39 is 0 Å². The van der Waals surface area contributed by atoms with Gasteiger partial charge in [-0.3, -0.25) is 0 Å². The molecule has 0 N–H and O–H groups in total. The van der Waals surface area contributed by atoms with E-state index in [-0.39, 0.29) is 0 Å². The first kappa shape index (κ1) is 14.4. The quantitative estimate of drug-likeness (QED) is 0.582. The van der Waals surface area contributed by atoms with Crippen molar-refractivity contribution in [2.24, 2.45) is 11.8 Å². The molecule has 0 bridgehead atoms. The van der Waals surface area contributed by atoms with Gasteiger partial charge >= 0.3 is 0 Å². The van der Waals surface area contributed by atoms with E-state index in [4.69, 9.17) is 0 Å². The highest BCUT2D eigenvalue weighted by Crippen LogP contribution is 2.34. The molecule has 0 unspecified atom stereocenters. The Labute approximate surface area is 126 Å². The number of hydrogen-bond acceptors (Lipinski definition) is 0. The van der Waals surface area contributed by atoms with Crippen LogP contribution in [0.1, 0.15) is 57.4 Å². The normalized spacial score (nSPS) is 24.1. The van der Waals surface area contributed by atoms with Crippen molar-refractivity contribution >= 4 is 22.6 Å². The Morgan fingerprint density at radius 1 is 1.00 bits per heavy atom. The molecule has 1 aliphatic rings. The minimum absolute atomic E-state index is 0.995. The van der Waals surface area contributed by atoms with E-state index in [1.807, 2.05) is 0 Å². The summed E-state index contributed by atoms with van der Waals surface area (Å²) in [7, 11) is 0. The van der Waals surface area contributed by atoms with Gasteiger partial charge in [0.15, 0.2) is 0 Å². The van der Waals surface area contributed by atoms with Gasteiger partial charge in [-0.2, -0.15) is 0 Å². The van der Waals surface area contributed by atoms with Crippen molar-refractivity contribution < 1.29 is 0 Å². The molecule has 2 rings (SSSR count). The number of rotatable bonds is 5. The van der Waals surface area contributed by atoms with Gasteiger partial charge in [-0.15, -0.1) is 0 Å². The minimum atomic E-state index is 0.995. The fourth-order valence-electron chi connectivity index (χ4n) is 3.28. The Balaban J connectivity index is 1.74. The topological polar surface area (TPSA) is 0 Å². The van der Waals surface area contributed by atoms with E-state index in [1.165, 1.54) is 54.9 Å². The van der Waals surface area contributed by atoms with Crippen LogP contribution in [0.25, 0.3) is 0 Å². The predicted molar refractivity (Wildman–Crippen MR) is 87.8 cm³/mol. The lowest BCUT2D eigenvalue weighted by Gasteiger charge is -2.28. The van der Waals surface area contributed by atoms with Crippen molar-refractivity contribution in [1.82, 2.24) is 0 Å². The van der Waals surface area contributed by atoms with E-state index in [9.17, 15) is 0 Å². The van der Waals surface area contributed by atoms with Crippen LogP contribution in [0.4, 0.5) is 0 Å². The molecule has 1 aromatic rings. The summed E-state index contributed by atoms with van der Waals surface area (Å²) in [5.74, 6) is 2.04. The van der Waals surface area contributed by atoms with Gasteiger partial charge in [0.2, 0.25) is 0 Å². The maximum Gasteiger partial charge on any atom is 0.0162 e. The minimum Gasteiger partial charge on any atom is -0.0654 e. The van der Waals surface area contributed by atoms with Crippen LogP contribution in [0.2, 0.25) is 0 Å². The molecule has 0 amide bonds. The summed E-state index contributed by atoms with van der Waals surface area (Å²) in [5, 5.41) is 0. The predicted octanol–water partition coefficient (Wildman–Crippen LogP) is 5.83.